The van der Waals surface area contributed by atoms with E-state index in [1.54, 1.807) is 24.8 Å². The number of morpholine rings is 3. The van der Waals surface area contributed by atoms with Crippen molar-refractivity contribution in [3.05, 3.63) is 129 Å². The van der Waals surface area contributed by atoms with Gasteiger partial charge in [0.25, 0.3) is 0 Å². The fraction of sp³-hybridized carbons (Fsp3) is 0.369. The van der Waals surface area contributed by atoms with Gasteiger partial charge < -0.3 is 66.1 Å². The van der Waals surface area contributed by atoms with Crippen LogP contribution in [0.4, 0.5) is 56.7 Å². The summed E-state index contributed by atoms with van der Waals surface area (Å²) in [6, 6.07) is 29.3. The molecular weight excluding hydrogens is 1460 g/mol. The number of aromatic nitrogens is 13. The van der Waals surface area contributed by atoms with Crippen molar-refractivity contribution < 1.29 is 23.5 Å². The molecule has 8 N–H and O–H groups in total. The van der Waals surface area contributed by atoms with E-state index in [1.807, 2.05) is 160 Å². The van der Waals surface area contributed by atoms with Gasteiger partial charge >= 0.3 is 7.12 Å². The van der Waals surface area contributed by atoms with Crippen molar-refractivity contribution in [2.45, 2.75) is 80.4 Å². The van der Waals surface area contributed by atoms with E-state index in [1.165, 1.54) is 34.0 Å². The summed E-state index contributed by atoms with van der Waals surface area (Å²) in [5.41, 5.74) is 22.4. The highest BCUT2D eigenvalue weighted by Crippen LogP contribution is 2.38. The maximum absolute atomic E-state index is 6.09. The Kier molecular flexibility index (Phi) is 29.1. The van der Waals surface area contributed by atoms with Crippen LogP contribution in [0, 0.1) is 3.01 Å². The minimum absolute atomic E-state index is 0.218. The van der Waals surface area contributed by atoms with Crippen LogP contribution in [0.3, 0.4) is 0 Å². The zero-order valence-corrected chi connectivity index (χ0v) is 62.4. The molecule has 8 aromatic heterocycles. The molecule has 0 bridgehead atoms. The number of nitrogen functional groups attached to an aromatic ring is 3. The molecule has 0 amide bonds. The lowest BCUT2D eigenvalue weighted by Gasteiger charge is -2.32. The Labute approximate surface area is 606 Å². The minimum atomic E-state index is -0.425. The molecule has 0 radical (unpaired) electrons. The average Bonchev–Trinajstić information content (AvgIpc) is 1.60. The van der Waals surface area contributed by atoms with Gasteiger partial charge in [-0.2, -0.15) is 9.97 Å². The van der Waals surface area contributed by atoms with Crippen molar-refractivity contribution in [2.75, 3.05) is 121 Å². The van der Waals surface area contributed by atoms with Crippen LogP contribution in [-0.2, 0) is 23.5 Å². The molecule has 12 heterocycles. The zero-order chi connectivity index (χ0) is 70.2. The molecule has 4 aliphatic rings. The number of hydrogen-bond donors (Lipinski definition) is 5. The van der Waals surface area contributed by atoms with E-state index in [2.05, 4.69) is 97.8 Å². The van der Waals surface area contributed by atoms with E-state index >= 15 is 0 Å². The number of nitrogens with one attached hydrogen (secondary N) is 2. The summed E-state index contributed by atoms with van der Waals surface area (Å²) in [5, 5.41) is 8.70. The second-order valence-electron chi connectivity index (χ2n) is 21.5. The Morgan fingerprint density at radius 3 is 1.21 bits per heavy atom. The maximum Gasteiger partial charge on any atom is 0.498 e. The summed E-state index contributed by atoms with van der Waals surface area (Å²) >= 11 is 18.7. The van der Waals surface area contributed by atoms with Crippen LogP contribution in [0.1, 0.15) is 69.2 Å². The van der Waals surface area contributed by atoms with Crippen molar-refractivity contribution in [2.24, 2.45) is 0 Å². The molecule has 11 aromatic rings. The molecule has 33 heteroatoms. The third kappa shape index (κ3) is 20.9. The van der Waals surface area contributed by atoms with Crippen LogP contribution in [0.25, 0.3) is 42.4 Å². The van der Waals surface area contributed by atoms with Gasteiger partial charge in [0.05, 0.1) is 56.4 Å². The molecule has 0 aliphatic carbocycles. The standard InChI is InChI=1S/C19H18N8OS.C15H14ClN5OS.C10H16BN3O2.C9H8ClIN4OS.C6H7N.3C2H6/c20-18-21-10-12(11-22-18)15-25-16(27-6-8-28-9-7-27)14-17(26-15)29-19(24-14)23-13-4-2-1-3-5-13;16-14-19-12(21-6-8-22-9-7-21)11-13(20-14)23-15(18-11)17-10-4-2-1-3-5-10;1-9(2)10(3,4)16-11(15-9)7-5-13-8(12)14-6-7;10-8-13-6(15-1-3-16-4-2-15)5-7(14-8)17-9(11)12-5;7-6-4-2-1-3-5-6;3*1-2/h1-5,10-11H,6-9H2,(H,23,24)(H2,20,21,22);1-5H,6-9H2,(H,17,18);5-6H,1-4H3,(H2,12,13,14);1-4H2;1-5H,7H2;3*1-2H3. The smallest absolute Gasteiger partial charge is 0.399 e. The van der Waals surface area contributed by atoms with Crippen molar-refractivity contribution >= 4 is 180 Å². The molecule has 0 saturated carbocycles. The number of rotatable bonds is 9. The highest BCUT2D eigenvalue weighted by atomic mass is 127. The molecule has 0 spiro atoms. The second-order valence-corrected chi connectivity index (χ2v) is 26.8. The van der Waals surface area contributed by atoms with Crippen LogP contribution < -0.4 is 48.0 Å². The first-order chi connectivity index (χ1) is 47.5. The van der Waals surface area contributed by atoms with Crippen molar-refractivity contribution in [1.29, 1.82) is 0 Å². The molecule has 98 heavy (non-hydrogen) atoms. The average molecular weight is 1540 g/mol. The molecule has 4 aliphatic heterocycles. The second kappa shape index (κ2) is 37.5. The van der Waals surface area contributed by atoms with Crippen molar-refractivity contribution in [3.63, 3.8) is 0 Å². The van der Waals surface area contributed by atoms with E-state index in [4.69, 9.17) is 78.9 Å². The minimum Gasteiger partial charge on any atom is -0.399 e. The Hall–Kier alpha value is -7.70. The van der Waals surface area contributed by atoms with E-state index in [-0.39, 0.29) is 33.7 Å². The molecule has 3 aromatic carbocycles. The predicted octanol–water partition coefficient (Wildman–Crippen LogP) is 12.9. The van der Waals surface area contributed by atoms with Gasteiger partial charge in [-0.3, -0.25) is 0 Å². The number of para-hydroxylation sites is 3. The summed E-state index contributed by atoms with van der Waals surface area (Å²) in [4.78, 5) is 65.5. The van der Waals surface area contributed by atoms with Crippen LogP contribution in [0.15, 0.2) is 116 Å². The molecule has 4 saturated heterocycles. The topological polar surface area (TPSA) is 326 Å². The fourth-order valence-corrected chi connectivity index (χ4v) is 12.9. The first-order valence-electron chi connectivity index (χ1n) is 32.0. The van der Waals surface area contributed by atoms with Crippen molar-refractivity contribution in [3.8, 4) is 11.4 Å². The summed E-state index contributed by atoms with van der Waals surface area (Å²) < 4.78 is 28.9. The maximum atomic E-state index is 6.09. The number of hydrogen-bond acceptors (Lipinski definition) is 29. The number of ether oxygens (including phenoxy) is 3. The summed E-state index contributed by atoms with van der Waals surface area (Å²) in [5.74, 6) is 3.41. The Balaban J connectivity index is 0.000000160. The Morgan fingerprint density at radius 1 is 0.459 bits per heavy atom. The van der Waals surface area contributed by atoms with Gasteiger partial charge in [-0.15, -0.1) is 0 Å². The number of nitrogens with zero attached hydrogens (tertiary/aromatic N) is 16. The molecular formula is C65H81BCl2IN21O5S3. The van der Waals surface area contributed by atoms with Crippen LogP contribution in [-0.4, -0.2) is 162 Å². The van der Waals surface area contributed by atoms with Gasteiger partial charge in [-0.25, -0.2) is 54.8 Å². The number of thiazole rings is 3. The largest absolute Gasteiger partial charge is 0.498 e. The Bertz CT molecular complexity index is 4190. The van der Waals surface area contributed by atoms with Crippen molar-refractivity contribution in [1.82, 2.24) is 64.8 Å². The SMILES string of the molecule is CC.CC.CC.CC1(C)OB(c2cnc(N)nc2)OC1(C)C.Clc1nc(N2CCOCC2)c2nc(I)sc2n1.Clc1nc(N2CCOCC2)c2nc(Nc3ccccc3)sc2n1.Nc1ccccc1.Nc1ncc(-c2nc(N3CCOCC3)c3nc(Nc4ccccc4)sc3n2)cn1. The Morgan fingerprint density at radius 2 is 0.816 bits per heavy atom. The lowest BCUT2D eigenvalue weighted by molar-refractivity contribution is 0.00578. The van der Waals surface area contributed by atoms with Gasteiger partial charge in [0.2, 0.25) is 22.5 Å². The van der Waals surface area contributed by atoms with Gasteiger partial charge in [0.1, 0.15) is 16.6 Å². The molecule has 0 unspecified atom stereocenters. The fourth-order valence-electron chi connectivity index (χ4n) is 9.22. The summed E-state index contributed by atoms with van der Waals surface area (Å²) in [6.45, 7) is 28.8. The quantitative estimate of drug-likeness (QED) is 0.0388. The molecule has 15 rings (SSSR count). The first-order valence-corrected chi connectivity index (χ1v) is 36.2. The monoisotopic (exact) mass is 1540 g/mol. The van der Waals surface area contributed by atoms with E-state index in [0.29, 0.717) is 51.0 Å². The number of fused-ring (bicyclic) bond motifs is 3. The van der Waals surface area contributed by atoms with E-state index in [0.717, 1.165) is 124 Å². The molecule has 26 nitrogen and oxygen atoms in total. The number of anilines is 10. The van der Waals surface area contributed by atoms with Gasteiger partial charge in [0, 0.05) is 86.6 Å². The van der Waals surface area contributed by atoms with Crippen LogP contribution >= 0.6 is 79.8 Å². The third-order valence-corrected chi connectivity index (χ3v) is 18.3. The first kappa shape index (κ1) is 76.1. The lowest BCUT2D eigenvalue weighted by atomic mass is 9.81. The van der Waals surface area contributed by atoms with Gasteiger partial charge in [-0.05, 0) is 110 Å². The highest BCUT2D eigenvalue weighted by Gasteiger charge is 2.52. The van der Waals surface area contributed by atoms with E-state index < -0.39 is 7.12 Å². The van der Waals surface area contributed by atoms with Crippen LogP contribution in [0.5, 0.6) is 0 Å². The lowest BCUT2D eigenvalue weighted by Crippen LogP contribution is -2.41. The summed E-state index contributed by atoms with van der Waals surface area (Å²) in [7, 11) is -0.425. The normalized spacial score (nSPS) is 15.1. The summed E-state index contributed by atoms with van der Waals surface area (Å²) in [6.07, 6.45) is 6.53. The highest BCUT2D eigenvalue weighted by molar-refractivity contribution is 14.1. The van der Waals surface area contributed by atoms with Gasteiger partial charge in [0.15, 0.2) is 51.0 Å². The number of nitrogens with two attached hydrogens (primary N) is 3. The van der Waals surface area contributed by atoms with Gasteiger partial charge in [-0.1, -0.05) is 130 Å². The van der Waals surface area contributed by atoms with E-state index in [9.17, 15) is 0 Å². The molecule has 0 atom stereocenters. The number of halogens is 3. The number of benzene rings is 3. The predicted molar refractivity (Wildman–Crippen MR) is 409 cm³/mol. The zero-order valence-electron chi connectivity index (χ0n) is 56.3. The third-order valence-electron chi connectivity index (χ3n) is 14.6. The van der Waals surface area contributed by atoms with Crippen LogP contribution in [0.2, 0.25) is 10.6 Å². The molecule has 518 valence electrons. The molecule has 4 fully saturated rings.